The van der Waals surface area contributed by atoms with E-state index in [1.165, 1.54) is 43.8 Å². The van der Waals surface area contributed by atoms with E-state index in [0.717, 1.165) is 34.1 Å². The van der Waals surface area contributed by atoms with E-state index in [9.17, 15) is 0 Å². The van der Waals surface area contributed by atoms with Gasteiger partial charge < -0.3 is 9.80 Å². The topological polar surface area (TPSA) is 6.48 Å². The van der Waals surface area contributed by atoms with Crippen LogP contribution in [0.2, 0.25) is 0 Å². The van der Waals surface area contributed by atoms with Crippen LogP contribution in [0.4, 0.5) is 34.1 Å². The van der Waals surface area contributed by atoms with Gasteiger partial charge in [0.05, 0.1) is 0 Å². The maximum absolute atomic E-state index is 2.35. The van der Waals surface area contributed by atoms with Crippen LogP contribution in [-0.2, 0) is 0 Å². The van der Waals surface area contributed by atoms with Gasteiger partial charge in [0.1, 0.15) is 0 Å². The van der Waals surface area contributed by atoms with Crippen molar-refractivity contribution < 1.29 is 0 Å². The highest BCUT2D eigenvalue weighted by Gasteiger charge is 2.16. The van der Waals surface area contributed by atoms with Crippen LogP contribution in [0.15, 0.2) is 218 Å². The molecule has 246 valence electrons. The quantitative estimate of drug-likeness (QED) is 0.159. The molecule has 2 nitrogen and oxygen atoms in total. The molecule has 0 heterocycles. The number of anilines is 6. The van der Waals surface area contributed by atoms with E-state index in [1.807, 2.05) is 0 Å². The normalized spacial score (nSPS) is 11.1. The molecule has 0 aliphatic heterocycles. The summed E-state index contributed by atoms with van der Waals surface area (Å²) < 4.78 is 0. The van der Waals surface area contributed by atoms with Crippen molar-refractivity contribution in [3.05, 3.63) is 218 Å². The highest BCUT2D eigenvalue weighted by molar-refractivity contribution is 6.01. The smallest absolute Gasteiger partial charge is 0.0463 e. The molecule has 52 heavy (non-hydrogen) atoms. The van der Waals surface area contributed by atoms with Gasteiger partial charge >= 0.3 is 0 Å². The van der Waals surface area contributed by atoms with Crippen LogP contribution >= 0.6 is 0 Å². The molecule has 0 aromatic heterocycles. The van der Waals surface area contributed by atoms with Gasteiger partial charge in [-0.3, -0.25) is 0 Å². The Morgan fingerprint density at radius 1 is 0.231 bits per heavy atom. The summed E-state index contributed by atoms with van der Waals surface area (Å²) >= 11 is 0. The average Bonchev–Trinajstić information content (AvgIpc) is 3.22. The molecule has 0 bridgehead atoms. The zero-order valence-electron chi connectivity index (χ0n) is 28.7. The van der Waals surface area contributed by atoms with Gasteiger partial charge in [-0.05, 0) is 135 Å². The molecule has 0 aliphatic rings. The molecule has 0 amide bonds. The molecule has 0 radical (unpaired) electrons. The van der Waals surface area contributed by atoms with E-state index < -0.39 is 0 Å². The lowest BCUT2D eigenvalue weighted by Gasteiger charge is -2.28. The molecule has 0 aliphatic carbocycles. The summed E-state index contributed by atoms with van der Waals surface area (Å²) in [6, 6.07) is 78.2. The van der Waals surface area contributed by atoms with Gasteiger partial charge in [0.15, 0.2) is 0 Å². The molecule has 0 saturated carbocycles. The van der Waals surface area contributed by atoms with Crippen molar-refractivity contribution in [1.29, 1.82) is 0 Å². The molecule has 9 aromatic carbocycles. The van der Waals surface area contributed by atoms with Crippen molar-refractivity contribution in [1.82, 2.24) is 0 Å². The lowest BCUT2D eigenvalue weighted by atomic mass is 9.92. The minimum absolute atomic E-state index is 1.09. The highest BCUT2D eigenvalue weighted by atomic mass is 15.2. The van der Waals surface area contributed by atoms with Gasteiger partial charge in [0, 0.05) is 34.1 Å². The third kappa shape index (κ3) is 6.08. The Balaban J connectivity index is 1.10. The maximum Gasteiger partial charge on any atom is 0.0463 e. The summed E-state index contributed by atoms with van der Waals surface area (Å²) in [6.45, 7) is 0. The Kier molecular flexibility index (Phi) is 8.24. The Bertz CT molecular complexity index is 2560. The van der Waals surface area contributed by atoms with Crippen molar-refractivity contribution in [3.63, 3.8) is 0 Å². The molecule has 0 N–H and O–H groups in total. The van der Waals surface area contributed by atoms with E-state index in [4.69, 9.17) is 0 Å². The van der Waals surface area contributed by atoms with Crippen molar-refractivity contribution >= 4 is 55.7 Å². The first-order valence-electron chi connectivity index (χ1n) is 17.8. The largest absolute Gasteiger partial charge is 0.311 e. The third-order valence-corrected chi connectivity index (χ3v) is 9.79. The number of nitrogens with zero attached hydrogens (tertiary/aromatic N) is 2. The summed E-state index contributed by atoms with van der Waals surface area (Å²) in [4.78, 5) is 4.62. The second-order valence-corrected chi connectivity index (χ2v) is 13.0. The first-order chi connectivity index (χ1) is 25.8. The van der Waals surface area contributed by atoms with Gasteiger partial charge in [0.25, 0.3) is 0 Å². The van der Waals surface area contributed by atoms with Crippen LogP contribution in [0.1, 0.15) is 0 Å². The first-order valence-corrected chi connectivity index (χ1v) is 17.8. The van der Waals surface area contributed by atoms with Crippen LogP contribution < -0.4 is 9.80 Å². The lowest BCUT2D eigenvalue weighted by Crippen LogP contribution is -2.12. The van der Waals surface area contributed by atoms with Gasteiger partial charge in [-0.15, -0.1) is 0 Å². The van der Waals surface area contributed by atoms with E-state index in [2.05, 4.69) is 228 Å². The van der Waals surface area contributed by atoms with Crippen LogP contribution in [0.5, 0.6) is 0 Å². The average molecular weight is 665 g/mol. The number of hydrogen-bond donors (Lipinski definition) is 0. The summed E-state index contributed by atoms with van der Waals surface area (Å²) in [6.07, 6.45) is 0. The number of hydrogen-bond acceptors (Lipinski definition) is 2. The molecule has 9 aromatic rings. The Hall–Kier alpha value is -6.90. The predicted octanol–water partition coefficient (Wildman–Crippen LogP) is 14.3. The second kappa shape index (κ2) is 13.8. The van der Waals surface area contributed by atoms with Gasteiger partial charge in [-0.2, -0.15) is 0 Å². The van der Waals surface area contributed by atoms with E-state index >= 15 is 0 Å². The lowest BCUT2D eigenvalue weighted by molar-refractivity contribution is 1.26. The van der Waals surface area contributed by atoms with Gasteiger partial charge in [0.2, 0.25) is 0 Å². The van der Waals surface area contributed by atoms with Gasteiger partial charge in [-0.1, -0.05) is 127 Å². The zero-order chi connectivity index (χ0) is 34.7. The maximum atomic E-state index is 2.35. The van der Waals surface area contributed by atoms with Crippen LogP contribution in [0.3, 0.4) is 0 Å². The Morgan fingerprint density at radius 3 is 1.15 bits per heavy atom. The summed E-state index contributed by atoms with van der Waals surface area (Å²) in [5.41, 5.74) is 11.5. The molecule has 0 atom stereocenters. The number of rotatable bonds is 8. The fourth-order valence-electron chi connectivity index (χ4n) is 7.25. The first kappa shape index (κ1) is 31.1. The minimum Gasteiger partial charge on any atom is -0.311 e. The van der Waals surface area contributed by atoms with Crippen molar-refractivity contribution in [2.24, 2.45) is 0 Å². The van der Waals surface area contributed by atoms with E-state index in [-0.39, 0.29) is 0 Å². The standard InChI is InChI=1S/C50H36N2/c1-4-17-43(18-5-1)51(44-19-6-2-7-20-44)47-30-32-48(33-31-47)52(45-21-8-3-9-22-45)46-28-26-38(27-29-46)50-36-42(35-41-16-12-13-23-49(41)50)40-25-24-37-14-10-11-15-39(37)34-40/h1-36H. The van der Waals surface area contributed by atoms with Crippen molar-refractivity contribution in [3.8, 4) is 22.3 Å². The number of benzene rings is 9. The third-order valence-electron chi connectivity index (χ3n) is 9.79. The Labute approximate surface area is 305 Å². The fraction of sp³-hybridized carbons (Fsp3) is 0. The highest BCUT2D eigenvalue weighted by Crippen LogP contribution is 2.41. The van der Waals surface area contributed by atoms with Crippen molar-refractivity contribution in [2.75, 3.05) is 9.80 Å². The Morgan fingerprint density at radius 2 is 0.615 bits per heavy atom. The van der Waals surface area contributed by atoms with E-state index in [1.54, 1.807) is 0 Å². The van der Waals surface area contributed by atoms with Crippen molar-refractivity contribution in [2.45, 2.75) is 0 Å². The van der Waals surface area contributed by atoms with Crippen LogP contribution in [-0.4, -0.2) is 0 Å². The predicted molar refractivity (Wildman–Crippen MR) is 222 cm³/mol. The molecule has 9 rings (SSSR count). The molecule has 0 saturated heterocycles. The monoisotopic (exact) mass is 664 g/mol. The SMILES string of the molecule is c1ccc(N(c2ccccc2)c2ccc(N(c3ccccc3)c3ccc(-c4cc(-c5ccc6ccccc6c5)cc5ccccc45)cc3)cc2)cc1. The second-order valence-electron chi connectivity index (χ2n) is 13.0. The van der Waals surface area contributed by atoms with E-state index in [0.29, 0.717) is 0 Å². The van der Waals surface area contributed by atoms with Crippen LogP contribution in [0.25, 0.3) is 43.8 Å². The molecule has 0 fully saturated rings. The molecule has 0 spiro atoms. The summed E-state index contributed by atoms with van der Waals surface area (Å²) in [5, 5.41) is 4.99. The van der Waals surface area contributed by atoms with Crippen LogP contribution in [0, 0.1) is 0 Å². The molecular formula is C50H36N2. The molecule has 0 unspecified atom stereocenters. The molecular weight excluding hydrogens is 629 g/mol. The summed E-state index contributed by atoms with van der Waals surface area (Å²) in [7, 11) is 0. The van der Waals surface area contributed by atoms with Gasteiger partial charge in [-0.25, -0.2) is 0 Å². The number of para-hydroxylation sites is 3. The summed E-state index contributed by atoms with van der Waals surface area (Å²) in [5.74, 6) is 0. The zero-order valence-corrected chi connectivity index (χ0v) is 28.7. The fourth-order valence-corrected chi connectivity index (χ4v) is 7.25. The minimum atomic E-state index is 1.09. The molecule has 2 heteroatoms. The number of fused-ring (bicyclic) bond motifs is 2.